The third-order valence-corrected chi connectivity index (χ3v) is 6.60. The van der Waals surface area contributed by atoms with Crippen LogP contribution in [0.3, 0.4) is 0 Å². The first-order valence-electron chi connectivity index (χ1n) is 11.7. The van der Waals surface area contributed by atoms with E-state index < -0.39 is 0 Å². The van der Waals surface area contributed by atoms with Crippen molar-refractivity contribution in [1.82, 2.24) is 29.9 Å². The number of nitrogens with zero attached hydrogens (tertiary/aromatic N) is 5. The van der Waals surface area contributed by atoms with Gasteiger partial charge in [0.2, 0.25) is 5.88 Å². The van der Waals surface area contributed by atoms with Crippen molar-refractivity contribution < 1.29 is 4.74 Å². The van der Waals surface area contributed by atoms with Gasteiger partial charge < -0.3 is 15.0 Å². The van der Waals surface area contributed by atoms with Gasteiger partial charge in [0.05, 0.1) is 18.8 Å². The quantitative estimate of drug-likeness (QED) is 0.270. The summed E-state index contributed by atoms with van der Waals surface area (Å²) >= 11 is 6.52. The van der Waals surface area contributed by atoms with Crippen molar-refractivity contribution in [2.24, 2.45) is 0 Å². The van der Waals surface area contributed by atoms with Crippen LogP contribution in [-0.4, -0.2) is 37.0 Å². The number of fused-ring (bicyclic) bond motifs is 1. The summed E-state index contributed by atoms with van der Waals surface area (Å²) in [6, 6.07) is 8.06. The molecule has 0 aliphatic carbocycles. The lowest BCUT2D eigenvalue weighted by molar-refractivity contribution is 0.389. The van der Waals surface area contributed by atoms with Crippen molar-refractivity contribution in [3.8, 4) is 28.1 Å². The Kier molecular flexibility index (Phi) is 6.52. The minimum atomic E-state index is -0.130. The van der Waals surface area contributed by atoms with Crippen molar-refractivity contribution in [2.75, 3.05) is 12.4 Å². The lowest BCUT2D eigenvalue weighted by Gasteiger charge is -2.21. The fourth-order valence-electron chi connectivity index (χ4n) is 4.34. The summed E-state index contributed by atoms with van der Waals surface area (Å²) in [6.45, 7) is 5.81. The molecule has 0 radical (unpaired) electrons. The van der Waals surface area contributed by atoms with Crippen molar-refractivity contribution in [1.29, 1.82) is 0 Å². The second kappa shape index (κ2) is 9.91. The minimum Gasteiger partial charge on any atom is -0.481 e. The molecule has 0 aromatic carbocycles. The molecule has 5 aromatic heterocycles. The Balaban J connectivity index is 1.56. The van der Waals surface area contributed by atoms with Gasteiger partial charge in [0.15, 0.2) is 0 Å². The van der Waals surface area contributed by atoms with Crippen LogP contribution in [0, 0.1) is 13.8 Å². The number of aryl methyl sites for hydroxylation is 2. The molecule has 0 fully saturated rings. The third kappa shape index (κ3) is 4.47. The van der Waals surface area contributed by atoms with E-state index in [1.54, 1.807) is 19.5 Å². The van der Waals surface area contributed by atoms with Crippen LogP contribution in [0.15, 0.2) is 55.2 Å². The zero-order valence-corrected chi connectivity index (χ0v) is 21.3. The fraction of sp³-hybridized carbons (Fsp3) is 0.222. The van der Waals surface area contributed by atoms with Crippen molar-refractivity contribution in [3.05, 3.63) is 77.4 Å². The number of aromatic amines is 1. The van der Waals surface area contributed by atoms with Crippen LogP contribution in [-0.2, 0) is 0 Å². The van der Waals surface area contributed by atoms with E-state index in [-0.39, 0.29) is 6.04 Å². The van der Waals surface area contributed by atoms with E-state index >= 15 is 0 Å². The van der Waals surface area contributed by atoms with Crippen molar-refractivity contribution >= 4 is 28.5 Å². The van der Waals surface area contributed by atoms with Crippen molar-refractivity contribution in [3.63, 3.8) is 0 Å². The normalized spacial score (nSPS) is 12.0. The largest absolute Gasteiger partial charge is 0.481 e. The zero-order chi connectivity index (χ0) is 25.2. The highest BCUT2D eigenvalue weighted by Gasteiger charge is 2.20. The molecule has 0 aliphatic heterocycles. The molecule has 5 aromatic rings. The van der Waals surface area contributed by atoms with Gasteiger partial charge in [0.1, 0.15) is 22.3 Å². The first-order valence-corrected chi connectivity index (χ1v) is 12.0. The second-order valence-corrected chi connectivity index (χ2v) is 8.88. The monoisotopic (exact) mass is 499 g/mol. The Bertz CT molecular complexity index is 1530. The van der Waals surface area contributed by atoms with Crippen LogP contribution < -0.4 is 10.1 Å². The molecule has 9 heteroatoms. The highest BCUT2D eigenvalue weighted by atomic mass is 35.5. The smallest absolute Gasteiger partial charge is 0.218 e. The van der Waals surface area contributed by atoms with Gasteiger partial charge in [0.25, 0.3) is 0 Å². The number of H-pyrrole nitrogens is 1. The minimum absolute atomic E-state index is 0.130. The number of nitrogens with one attached hydrogen (secondary N) is 2. The maximum Gasteiger partial charge on any atom is 0.218 e. The van der Waals surface area contributed by atoms with Gasteiger partial charge in [-0.3, -0.25) is 4.98 Å². The molecular weight excluding hydrogens is 474 g/mol. The van der Waals surface area contributed by atoms with E-state index in [4.69, 9.17) is 16.3 Å². The Hall–Kier alpha value is -4.04. The Morgan fingerprint density at radius 3 is 2.53 bits per heavy atom. The van der Waals surface area contributed by atoms with Crippen LogP contribution >= 0.6 is 11.6 Å². The van der Waals surface area contributed by atoms with E-state index in [9.17, 15) is 0 Å². The number of halogens is 1. The summed E-state index contributed by atoms with van der Waals surface area (Å²) in [6.07, 6.45) is 9.97. The Morgan fingerprint density at radius 1 is 1.03 bits per heavy atom. The molecule has 0 aliphatic rings. The van der Waals surface area contributed by atoms with Gasteiger partial charge in [-0.25, -0.2) is 19.9 Å². The topological polar surface area (TPSA) is 102 Å². The van der Waals surface area contributed by atoms with Crippen LogP contribution in [0.1, 0.15) is 36.5 Å². The average Bonchev–Trinajstić information content (AvgIpc) is 3.33. The van der Waals surface area contributed by atoms with E-state index in [0.29, 0.717) is 22.5 Å². The summed E-state index contributed by atoms with van der Waals surface area (Å²) in [7, 11) is 1.62. The number of methoxy groups -OCH3 is 1. The van der Waals surface area contributed by atoms with Crippen LogP contribution in [0.4, 0.5) is 5.82 Å². The summed E-state index contributed by atoms with van der Waals surface area (Å²) in [5.74, 6) is 1.80. The molecule has 0 spiro atoms. The van der Waals surface area contributed by atoms with Crippen LogP contribution in [0.2, 0.25) is 5.02 Å². The maximum atomic E-state index is 6.52. The summed E-state index contributed by atoms with van der Waals surface area (Å²) in [5.41, 5.74) is 6.50. The van der Waals surface area contributed by atoms with Gasteiger partial charge in [-0.1, -0.05) is 18.5 Å². The zero-order valence-electron chi connectivity index (χ0n) is 20.5. The maximum absolute atomic E-state index is 6.52. The van der Waals surface area contributed by atoms with E-state index in [1.165, 1.54) is 0 Å². The van der Waals surface area contributed by atoms with Gasteiger partial charge >= 0.3 is 0 Å². The van der Waals surface area contributed by atoms with E-state index in [0.717, 1.165) is 51.0 Å². The van der Waals surface area contributed by atoms with Crippen LogP contribution in [0.5, 0.6) is 5.88 Å². The number of rotatable bonds is 7. The fourth-order valence-corrected chi connectivity index (χ4v) is 4.48. The SMILES string of the molecule is CC[C@H](Nc1nc(C)nc(C)c1Cl)c1cc(-c2cnc3[nH]cc(-c4ccncc4)c3c2)cnc1OC. The number of hydrogen-bond acceptors (Lipinski definition) is 7. The molecule has 0 bridgehead atoms. The predicted molar refractivity (Wildman–Crippen MR) is 142 cm³/mol. The standard InChI is InChI=1S/C27H26ClN7O/c1-5-23(35-26-24(28)15(2)33-16(3)34-26)21-11-19(13-32-27(21)36-4)18-10-20-22(14-31-25(20)30-12-18)17-6-8-29-9-7-17/h6-14,23H,5H2,1-4H3,(H,30,31)(H,33,34,35)/t23-/m0/s1. The van der Waals surface area contributed by atoms with Crippen LogP contribution in [0.25, 0.3) is 33.3 Å². The summed E-state index contributed by atoms with van der Waals surface area (Å²) in [5, 5.41) is 5.01. The highest BCUT2D eigenvalue weighted by molar-refractivity contribution is 6.33. The number of ether oxygens (including phenoxy) is 1. The molecule has 0 saturated carbocycles. The lowest BCUT2D eigenvalue weighted by Crippen LogP contribution is -2.14. The first-order chi connectivity index (χ1) is 17.5. The molecule has 0 unspecified atom stereocenters. The first kappa shape index (κ1) is 23.7. The molecule has 2 N–H and O–H groups in total. The molecule has 0 amide bonds. The van der Waals surface area contributed by atoms with Gasteiger partial charge in [0, 0.05) is 58.6 Å². The molecular formula is C27H26ClN7O. The Labute approximate surface area is 214 Å². The molecule has 1 atom stereocenters. The van der Waals surface area contributed by atoms with Gasteiger partial charge in [-0.15, -0.1) is 0 Å². The Morgan fingerprint density at radius 2 is 1.78 bits per heavy atom. The highest BCUT2D eigenvalue weighted by Crippen LogP contribution is 2.35. The molecule has 0 saturated heterocycles. The molecule has 5 rings (SSSR count). The summed E-state index contributed by atoms with van der Waals surface area (Å²) < 4.78 is 5.63. The second-order valence-electron chi connectivity index (χ2n) is 8.50. The van der Waals surface area contributed by atoms with Crippen molar-refractivity contribution in [2.45, 2.75) is 33.2 Å². The van der Waals surface area contributed by atoms with E-state index in [2.05, 4.69) is 54.3 Å². The molecule has 5 heterocycles. The number of hydrogen-bond donors (Lipinski definition) is 2. The number of pyridine rings is 3. The molecule has 8 nitrogen and oxygen atoms in total. The third-order valence-electron chi connectivity index (χ3n) is 6.15. The van der Waals surface area contributed by atoms with Gasteiger partial charge in [-0.2, -0.15) is 0 Å². The predicted octanol–water partition coefficient (Wildman–Crippen LogP) is 6.32. The number of aromatic nitrogens is 6. The van der Waals surface area contributed by atoms with Gasteiger partial charge in [-0.05, 0) is 50.1 Å². The summed E-state index contributed by atoms with van der Waals surface area (Å²) in [4.78, 5) is 25.5. The molecule has 182 valence electrons. The molecule has 36 heavy (non-hydrogen) atoms. The lowest BCUT2D eigenvalue weighted by atomic mass is 9.99. The average molecular weight is 500 g/mol. The number of anilines is 1. The van der Waals surface area contributed by atoms with E-state index in [1.807, 2.05) is 44.6 Å².